The van der Waals surface area contributed by atoms with Crippen molar-refractivity contribution in [3.05, 3.63) is 0 Å². The van der Waals surface area contributed by atoms with Crippen molar-refractivity contribution < 1.29 is 12.6 Å². The van der Waals surface area contributed by atoms with E-state index >= 15 is 0 Å². The average molecular weight is 246 g/mol. The Hall–Kier alpha value is -0.530. The van der Waals surface area contributed by atoms with Crippen molar-refractivity contribution in [1.29, 1.82) is 0 Å². The van der Waals surface area contributed by atoms with Crippen LogP contribution in [0.4, 0.5) is 0 Å². The molecule has 0 fully saturated rings. The van der Waals surface area contributed by atoms with Crippen LogP contribution in [0.1, 0.15) is 52.4 Å². The minimum atomic E-state index is -3.40. The molecule has 0 rings (SSSR count). The van der Waals surface area contributed by atoms with Crippen LogP contribution in [0, 0.1) is 11.8 Å². The molecule has 0 saturated heterocycles. The highest BCUT2D eigenvalue weighted by atomic mass is 32.2. The maximum absolute atomic E-state index is 11.0. The second-order valence-corrected chi connectivity index (χ2v) is 5.46. The van der Waals surface area contributed by atoms with E-state index < -0.39 is 16.2 Å². The molecule has 0 heterocycles. The van der Waals surface area contributed by atoms with Crippen LogP contribution in [0.3, 0.4) is 0 Å². The van der Waals surface area contributed by atoms with Gasteiger partial charge in [-0.05, 0) is 12.8 Å². The van der Waals surface area contributed by atoms with Crippen molar-refractivity contribution in [3.8, 4) is 11.8 Å². The van der Waals surface area contributed by atoms with Crippen LogP contribution in [-0.4, -0.2) is 20.8 Å². The zero-order valence-electron chi connectivity index (χ0n) is 10.5. The van der Waals surface area contributed by atoms with Gasteiger partial charge in [0, 0.05) is 6.42 Å². The molecule has 0 aliphatic heterocycles. The van der Waals surface area contributed by atoms with Gasteiger partial charge in [-0.25, -0.2) is 0 Å². The summed E-state index contributed by atoms with van der Waals surface area (Å²) in [6.07, 6.45) is 6.19. The monoisotopic (exact) mass is 246 g/mol. The second kappa shape index (κ2) is 8.60. The first kappa shape index (κ1) is 15.5. The number of rotatable bonds is 7. The van der Waals surface area contributed by atoms with Crippen LogP contribution in [0.25, 0.3) is 0 Å². The van der Waals surface area contributed by atoms with E-state index in [1.807, 2.05) is 0 Å². The third kappa shape index (κ3) is 10.0. The van der Waals surface area contributed by atoms with Gasteiger partial charge in [-0.15, -0.1) is 5.92 Å². The molecule has 0 aliphatic carbocycles. The molecule has 16 heavy (non-hydrogen) atoms. The summed E-state index contributed by atoms with van der Waals surface area (Å²) >= 11 is 0. The first-order chi connectivity index (χ1) is 7.49. The molecule has 1 unspecified atom stereocenters. The van der Waals surface area contributed by atoms with E-state index in [-0.39, 0.29) is 0 Å². The lowest BCUT2D eigenvalue weighted by atomic mass is 10.1. The summed E-state index contributed by atoms with van der Waals surface area (Å²) in [5.41, 5.74) is 0. The molecule has 4 heteroatoms. The molecule has 0 radical (unpaired) electrons. The minimum absolute atomic E-state index is 0.466. The van der Waals surface area contributed by atoms with E-state index in [0.29, 0.717) is 6.42 Å². The molecule has 3 nitrogen and oxygen atoms in total. The van der Waals surface area contributed by atoms with Gasteiger partial charge in [0.1, 0.15) is 6.10 Å². The van der Waals surface area contributed by atoms with Crippen LogP contribution < -0.4 is 0 Å². The predicted octanol–water partition coefficient (Wildman–Crippen LogP) is 2.72. The summed E-state index contributed by atoms with van der Waals surface area (Å²) in [5.74, 6) is 5.87. The summed E-state index contributed by atoms with van der Waals surface area (Å²) in [6, 6.07) is 0. The minimum Gasteiger partial charge on any atom is -0.254 e. The zero-order chi connectivity index (χ0) is 12.4. The lowest BCUT2D eigenvalue weighted by molar-refractivity contribution is 0.252. The molecule has 94 valence electrons. The average Bonchev–Trinajstić information content (AvgIpc) is 2.18. The largest absolute Gasteiger partial charge is 0.265 e. The highest BCUT2D eigenvalue weighted by Crippen LogP contribution is 2.07. The van der Waals surface area contributed by atoms with Crippen LogP contribution in [-0.2, 0) is 14.3 Å². The Labute approximate surface area is 99.7 Å². The van der Waals surface area contributed by atoms with Gasteiger partial charge in [0.25, 0.3) is 10.1 Å². The number of hydrogen-bond acceptors (Lipinski definition) is 3. The summed E-state index contributed by atoms with van der Waals surface area (Å²) in [5, 5.41) is 0. The number of hydrogen-bond donors (Lipinski definition) is 0. The van der Waals surface area contributed by atoms with Gasteiger partial charge in [-0.3, -0.25) is 4.18 Å². The van der Waals surface area contributed by atoms with Gasteiger partial charge < -0.3 is 0 Å². The molecule has 1 atom stereocenters. The van der Waals surface area contributed by atoms with E-state index in [4.69, 9.17) is 4.18 Å². The Morgan fingerprint density at radius 3 is 2.31 bits per heavy atom. The molecule has 0 aromatic rings. The normalized spacial score (nSPS) is 12.9. The molecular formula is C12H22O3S. The van der Waals surface area contributed by atoms with Crippen molar-refractivity contribution in [2.45, 2.75) is 58.5 Å². The van der Waals surface area contributed by atoms with Gasteiger partial charge in [0.2, 0.25) is 0 Å². The third-order valence-corrected chi connectivity index (χ3v) is 2.61. The van der Waals surface area contributed by atoms with Crippen molar-refractivity contribution in [2.75, 3.05) is 6.26 Å². The van der Waals surface area contributed by atoms with E-state index in [1.54, 1.807) is 0 Å². The highest BCUT2D eigenvalue weighted by molar-refractivity contribution is 7.86. The van der Waals surface area contributed by atoms with E-state index in [2.05, 4.69) is 25.7 Å². The maximum atomic E-state index is 11.0. The molecule has 0 aromatic heterocycles. The fourth-order valence-electron chi connectivity index (χ4n) is 1.20. The lowest BCUT2D eigenvalue weighted by Gasteiger charge is -2.09. The van der Waals surface area contributed by atoms with Gasteiger partial charge in [-0.1, -0.05) is 39.0 Å². The fourth-order valence-corrected chi connectivity index (χ4v) is 1.76. The Balaban J connectivity index is 4.23. The van der Waals surface area contributed by atoms with Crippen LogP contribution in [0.15, 0.2) is 0 Å². The first-order valence-corrected chi connectivity index (χ1v) is 7.68. The van der Waals surface area contributed by atoms with Gasteiger partial charge in [0.15, 0.2) is 0 Å². The summed E-state index contributed by atoms with van der Waals surface area (Å²) < 4.78 is 26.9. The molecule has 0 bridgehead atoms. The van der Waals surface area contributed by atoms with Crippen molar-refractivity contribution in [1.82, 2.24) is 0 Å². The highest BCUT2D eigenvalue weighted by Gasteiger charge is 2.11. The smallest absolute Gasteiger partial charge is 0.254 e. The van der Waals surface area contributed by atoms with Crippen molar-refractivity contribution >= 4 is 10.1 Å². The summed E-state index contributed by atoms with van der Waals surface area (Å²) in [4.78, 5) is 0. The SMILES string of the molecule is CCCCC#CC(CCCC)OS(C)(=O)=O. The van der Waals surface area contributed by atoms with E-state index in [9.17, 15) is 8.42 Å². The first-order valence-electron chi connectivity index (χ1n) is 5.86. The number of unbranched alkanes of at least 4 members (excludes halogenated alkanes) is 3. The van der Waals surface area contributed by atoms with Crippen LogP contribution in [0.5, 0.6) is 0 Å². The molecule has 0 N–H and O–H groups in total. The fraction of sp³-hybridized carbons (Fsp3) is 0.833. The Morgan fingerprint density at radius 1 is 1.19 bits per heavy atom. The zero-order valence-corrected chi connectivity index (χ0v) is 11.3. The molecule has 0 aromatic carbocycles. The predicted molar refractivity (Wildman–Crippen MR) is 66.5 cm³/mol. The quantitative estimate of drug-likeness (QED) is 0.394. The van der Waals surface area contributed by atoms with Crippen LogP contribution >= 0.6 is 0 Å². The molecule has 0 aliphatic rings. The van der Waals surface area contributed by atoms with Gasteiger partial charge in [0.05, 0.1) is 6.26 Å². The van der Waals surface area contributed by atoms with Gasteiger partial charge >= 0.3 is 0 Å². The maximum Gasteiger partial charge on any atom is 0.265 e. The Bertz CT molecular complexity index is 322. The third-order valence-electron chi connectivity index (χ3n) is 2.03. The second-order valence-electron chi connectivity index (χ2n) is 3.86. The van der Waals surface area contributed by atoms with Crippen molar-refractivity contribution in [3.63, 3.8) is 0 Å². The standard InChI is InChI=1S/C12H22O3S/c1-4-6-8-9-11-12(10-7-5-2)15-16(3,13)14/h12H,4-8,10H2,1-3H3. The van der Waals surface area contributed by atoms with E-state index in [1.165, 1.54) is 0 Å². The topological polar surface area (TPSA) is 43.4 Å². The van der Waals surface area contributed by atoms with E-state index in [0.717, 1.165) is 38.4 Å². The lowest BCUT2D eigenvalue weighted by Crippen LogP contribution is -2.15. The Kier molecular flexibility index (Phi) is 8.32. The summed E-state index contributed by atoms with van der Waals surface area (Å²) in [6.45, 7) is 4.16. The molecule has 0 saturated carbocycles. The molecular weight excluding hydrogens is 224 g/mol. The van der Waals surface area contributed by atoms with Crippen molar-refractivity contribution in [2.24, 2.45) is 0 Å². The van der Waals surface area contributed by atoms with Gasteiger partial charge in [-0.2, -0.15) is 8.42 Å². The molecule has 0 spiro atoms. The molecule has 0 amide bonds. The summed E-state index contributed by atoms with van der Waals surface area (Å²) in [7, 11) is -3.40. The van der Waals surface area contributed by atoms with Crippen LogP contribution in [0.2, 0.25) is 0 Å². The Morgan fingerprint density at radius 2 is 1.81 bits per heavy atom.